The van der Waals surface area contributed by atoms with Crippen LogP contribution in [0, 0.1) is 12.8 Å². The Hall–Kier alpha value is -2.30. The van der Waals surface area contributed by atoms with E-state index in [1.807, 2.05) is 4.90 Å². The van der Waals surface area contributed by atoms with E-state index in [0.717, 1.165) is 0 Å². The highest BCUT2D eigenvalue weighted by atomic mass is 35.5. The van der Waals surface area contributed by atoms with Crippen LogP contribution in [0.2, 0.25) is 10.0 Å². The first-order valence-electron chi connectivity index (χ1n) is 8.98. The van der Waals surface area contributed by atoms with E-state index in [-0.39, 0.29) is 22.3 Å². The van der Waals surface area contributed by atoms with Crippen molar-refractivity contribution >= 4 is 57.5 Å². The van der Waals surface area contributed by atoms with Gasteiger partial charge in [-0.1, -0.05) is 34.5 Å². The molecule has 0 radical (unpaired) electrons. The molecule has 2 N–H and O–H groups in total. The Morgan fingerprint density at radius 2 is 2.00 bits per heavy atom. The highest BCUT2D eigenvalue weighted by molar-refractivity contribution is 7.17. The summed E-state index contributed by atoms with van der Waals surface area (Å²) < 4.78 is 9.64. The number of rotatable bonds is 5. The topological polar surface area (TPSA) is 114 Å². The summed E-state index contributed by atoms with van der Waals surface area (Å²) in [6, 6.07) is -0.473. The largest absolute Gasteiger partial charge is 0.469 e. The van der Waals surface area contributed by atoms with Crippen LogP contribution in [-0.2, 0) is 14.3 Å². The van der Waals surface area contributed by atoms with Crippen molar-refractivity contribution in [3.8, 4) is 0 Å². The van der Waals surface area contributed by atoms with E-state index in [4.69, 9.17) is 32.7 Å². The van der Waals surface area contributed by atoms with E-state index in [2.05, 4.69) is 15.3 Å². The van der Waals surface area contributed by atoms with Gasteiger partial charge in [-0.3, -0.25) is 9.59 Å². The summed E-state index contributed by atoms with van der Waals surface area (Å²) in [4.78, 5) is 46.1. The number of piperidine rings is 1. The molecule has 3 rings (SSSR count). The van der Waals surface area contributed by atoms with Crippen molar-refractivity contribution in [2.75, 3.05) is 32.2 Å². The first-order chi connectivity index (χ1) is 14.3. The van der Waals surface area contributed by atoms with Gasteiger partial charge >= 0.3 is 11.9 Å². The maximum Gasteiger partial charge on any atom is 0.349 e. The third-order valence-electron chi connectivity index (χ3n) is 4.86. The second kappa shape index (κ2) is 9.23. The number of carbonyl (C=O) groups excluding carboxylic acids is 3. The lowest BCUT2D eigenvalue weighted by Crippen LogP contribution is -2.54. The Kier molecular flexibility index (Phi) is 6.89. The lowest BCUT2D eigenvalue weighted by Gasteiger charge is -2.37. The number of amides is 1. The molecule has 2 atom stereocenters. The zero-order chi connectivity index (χ0) is 22.0. The Morgan fingerprint density at radius 1 is 1.27 bits per heavy atom. The summed E-state index contributed by atoms with van der Waals surface area (Å²) in [7, 11) is 2.60. The van der Waals surface area contributed by atoms with Gasteiger partial charge in [-0.25, -0.2) is 9.78 Å². The number of hydrogen-bond donors (Lipinski definition) is 2. The van der Waals surface area contributed by atoms with Gasteiger partial charge in [0.15, 0.2) is 5.13 Å². The van der Waals surface area contributed by atoms with Gasteiger partial charge in [-0.15, -0.1) is 0 Å². The predicted molar refractivity (Wildman–Crippen MR) is 113 cm³/mol. The number of thiazole rings is 1. The predicted octanol–water partition coefficient (Wildman–Crippen LogP) is 2.67. The fraction of sp³-hybridized carbons (Fsp3) is 0.444. The summed E-state index contributed by atoms with van der Waals surface area (Å²) in [6.45, 7) is 2.49. The lowest BCUT2D eigenvalue weighted by atomic mass is 9.92. The molecule has 1 amide bonds. The number of H-pyrrole nitrogens is 1. The molecule has 1 aliphatic rings. The van der Waals surface area contributed by atoms with Gasteiger partial charge in [-0.2, -0.15) is 0 Å². The molecule has 30 heavy (non-hydrogen) atoms. The van der Waals surface area contributed by atoms with Gasteiger partial charge in [0.1, 0.15) is 10.6 Å². The number of nitrogens with zero attached hydrogens (tertiary/aromatic N) is 2. The van der Waals surface area contributed by atoms with Crippen LogP contribution in [0.15, 0.2) is 6.20 Å². The van der Waals surface area contributed by atoms with E-state index in [9.17, 15) is 14.4 Å². The second-order valence-electron chi connectivity index (χ2n) is 6.70. The van der Waals surface area contributed by atoms with Crippen LogP contribution < -0.4 is 10.2 Å². The van der Waals surface area contributed by atoms with Crippen molar-refractivity contribution < 1.29 is 23.9 Å². The first-order valence-corrected chi connectivity index (χ1v) is 10.5. The van der Waals surface area contributed by atoms with Crippen molar-refractivity contribution in [3.05, 3.63) is 32.5 Å². The van der Waals surface area contributed by atoms with Crippen molar-refractivity contribution in [2.24, 2.45) is 5.92 Å². The summed E-state index contributed by atoms with van der Waals surface area (Å²) in [5.41, 5.74) is 0.726. The van der Waals surface area contributed by atoms with Gasteiger partial charge in [0, 0.05) is 24.8 Å². The molecule has 1 fully saturated rings. The van der Waals surface area contributed by atoms with Crippen molar-refractivity contribution in [1.29, 1.82) is 0 Å². The van der Waals surface area contributed by atoms with Gasteiger partial charge in [0.25, 0.3) is 5.91 Å². The van der Waals surface area contributed by atoms with Gasteiger partial charge < -0.3 is 24.7 Å². The molecule has 9 nitrogen and oxygen atoms in total. The molecule has 12 heteroatoms. The van der Waals surface area contributed by atoms with Crippen molar-refractivity contribution in [3.63, 3.8) is 0 Å². The monoisotopic (exact) mass is 474 g/mol. The number of hydrogen-bond acceptors (Lipinski definition) is 8. The third-order valence-corrected chi connectivity index (χ3v) is 6.85. The third kappa shape index (κ3) is 4.40. The van der Waals surface area contributed by atoms with E-state index >= 15 is 0 Å². The highest BCUT2D eigenvalue weighted by Crippen LogP contribution is 2.31. The second-order valence-corrected chi connectivity index (χ2v) is 8.46. The van der Waals surface area contributed by atoms with Crippen LogP contribution in [0.4, 0.5) is 5.13 Å². The highest BCUT2D eigenvalue weighted by Gasteiger charge is 2.37. The molecule has 0 aliphatic carbocycles. The van der Waals surface area contributed by atoms with E-state index in [1.54, 1.807) is 6.92 Å². The standard InChI is InChI=1S/C18H20Cl2N4O5S/c1-8-12(19)13(20)14(22-8)15(25)23-10-4-5-24(7-9(10)16(26)28-2)18-21-6-11(30-18)17(27)29-3/h6,9-10,22H,4-5,7H2,1-3H3,(H,23,25)/t9-,10+/m0/s1. The smallest absolute Gasteiger partial charge is 0.349 e. The Labute approximate surface area is 186 Å². The summed E-state index contributed by atoms with van der Waals surface area (Å²) in [6.07, 6.45) is 1.90. The van der Waals surface area contributed by atoms with E-state index in [0.29, 0.717) is 28.7 Å². The Bertz CT molecular complexity index is 976. The van der Waals surface area contributed by atoms with Crippen LogP contribution >= 0.6 is 34.5 Å². The van der Waals surface area contributed by atoms with Crippen LogP contribution in [0.5, 0.6) is 0 Å². The number of carbonyl (C=O) groups is 3. The minimum Gasteiger partial charge on any atom is -0.469 e. The Morgan fingerprint density at radius 3 is 2.60 bits per heavy atom. The van der Waals surface area contributed by atoms with Gasteiger partial charge in [0.2, 0.25) is 0 Å². The number of aromatic nitrogens is 2. The van der Waals surface area contributed by atoms with Crippen LogP contribution in [0.1, 0.15) is 32.3 Å². The van der Waals surface area contributed by atoms with Crippen molar-refractivity contribution in [1.82, 2.24) is 15.3 Å². The van der Waals surface area contributed by atoms with Crippen LogP contribution in [-0.4, -0.2) is 61.2 Å². The quantitative estimate of drug-likeness (QED) is 0.640. The molecule has 0 unspecified atom stereocenters. The molecule has 2 aromatic heterocycles. The van der Waals surface area contributed by atoms with E-state index < -0.39 is 29.8 Å². The minimum absolute atomic E-state index is 0.136. The number of nitrogens with one attached hydrogen (secondary N) is 2. The normalized spacial score (nSPS) is 18.8. The zero-order valence-corrected chi connectivity index (χ0v) is 18.8. The first kappa shape index (κ1) is 22.4. The molecule has 3 heterocycles. The summed E-state index contributed by atoms with van der Waals surface area (Å²) in [5.74, 6) is -2.02. The molecule has 0 bridgehead atoms. The lowest BCUT2D eigenvalue weighted by molar-refractivity contribution is -0.146. The van der Waals surface area contributed by atoms with Crippen LogP contribution in [0.25, 0.3) is 0 Å². The van der Waals surface area contributed by atoms with Crippen LogP contribution in [0.3, 0.4) is 0 Å². The van der Waals surface area contributed by atoms with Gasteiger partial charge in [0.05, 0.1) is 36.4 Å². The summed E-state index contributed by atoms with van der Waals surface area (Å²) in [5, 5.41) is 3.86. The van der Waals surface area contributed by atoms with Gasteiger partial charge in [-0.05, 0) is 13.3 Å². The molecular formula is C18H20Cl2N4O5S. The average Bonchev–Trinajstić information content (AvgIpc) is 3.34. The maximum absolute atomic E-state index is 12.7. The number of aromatic amines is 1. The molecule has 2 aromatic rings. The molecule has 1 saturated heterocycles. The number of halogens is 2. The molecule has 0 aromatic carbocycles. The summed E-state index contributed by atoms with van der Waals surface area (Å²) >= 11 is 13.3. The SMILES string of the molecule is COC(=O)c1cnc(N2CC[C@@H](NC(=O)c3[nH]c(C)c(Cl)c3Cl)[C@@H](C(=O)OC)C2)s1. The number of esters is 2. The zero-order valence-electron chi connectivity index (χ0n) is 16.5. The fourth-order valence-electron chi connectivity index (χ4n) is 3.26. The number of anilines is 1. The fourth-order valence-corrected chi connectivity index (χ4v) is 4.55. The minimum atomic E-state index is -0.636. The molecule has 0 spiro atoms. The van der Waals surface area contributed by atoms with Crippen molar-refractivity contribution in [2.45, 2.75) is 19.4 Å². The molecule has 162 valence electrons. The number of aryl methyl sites for hydroxylation is 1. The maximum atomic E-state index is 12.7. The average molecular weight is 475 g/mol. The van der Waals surface area contributed by atoms with E-state index in [1.165, 1.54) is 31.8 Å². The number of methoxy groups -OCH3 is 2. The molecule has 1 aliphatic heterocycles. The molecule has 0 saturated carbocycles. The number of ether oxygens (including phenoxy) is 2. The molecular weight excluding hydrogens is 455 g/mol. The Balaban J connectivity index is 1.76.